The molecule has 1 saturated heterocycles. The van der Waals surface area contributed by atoms with Gasteiger partial charge in [0.2, 0.25) is 11.8 Å². The maximum absolute atomic E-state index is 13.0. The minimum Gasteiger partial charge on any atom is -0.274 e. The first-order chi connectivity index (χ1) is 10.7. The van der Waals surface area contributed by atoms with Gasteiger partial charge in [0.25, 0.3) is 0 Å². The molecular formula is C19H21NO2. The zero-order chi connectivity index (χ0) is 15.4. The number of anilines is 1. The summed E-state index contributed by atoms with van der Waals surface area (Å²) in [6.45, 7) is 4.16. The Balaban J connectivity index is 1.82. The Kier molecular flexibility index (Phi) is 3.00. The lowest BCUT2D eigenvalue weighted by atomic mass is 9.85. The van der Waals surface area contributed by atoms with Crippen LogP contribution in [0.4, 0.5) is 5.69 Å². The van der Waals surface area contributed by atoms with Crippen LogP contribution in [-0.4, -0.2) is 11.8 Å². The summed E-state index contributed by atoms with van der Waals surface area (Å²) in [5.41, 5.74) is 3.07. The van der Waals surface area contributed by atoms with Crippen LogP contribution in [0.25, 0.3) is 0 Å². The molecular weight excluding hydrogens is 274 g/mol. The Morgan fingerprint density at radius 3 is 1.91 bits per heavy atom. The van der Waals surface area contributed by atoms with Gasteiger partial charge in [-0.25, -0.2) is 4.90 Å². The van der Waals surface area contributed by atoms with E-state index < -0.39 is 0 Å². The van der Waals surface area contributed by atoms with Crippen molar-refractivity contribution < 1.29 is 9.59 Å². The molecule has 3 aliphatic rings. The first-order valence-corrected chi connectivity index (χ1v) is 8.34. The van der Waals surface area contributed by atoms with E-state index in [-0.39, 0.29) is 35.5 Å². The van der Waals surface area contributed by atoms with E-state index in [4.69, 9.17) is 0 Å². The lowest BCUT2D eigenvalue weighted by Gasteiger charge is -2.23. The van der Waals surface area contributed by atoms with Crippen molar-refractivity contribution in [3.8, 4) is 0 Å². The average Bonchev–Trinajstić information content (AvgIpc) is 3.21. The number of imide groups is 1. The van der Waals surface area contributed by atoms with Gasteiger partial charge in [0.1, 0.15) is 0 Å². The van der Waals surface area contributed by atoms with Crippen LogP contribution in [0.5, 0.6) is 0 Å². The average molecular weight is 295 g/mol. The summed E-state index contributed by atoms with van der Waals surface area (Å²) >= 11 is 0. The van der Waals surface area contributed by atoms with Gasteiger partial charge in [-0.2, -0.15) is 0 Å². The predicted molar refractivity (Wildman–Crippen MR) is 85.4 cm³/mol. The predicted octanol–water partition coefficient (Wildman–Crippen LogP) is 3.12. The maximum atomic E-state index is 13.0. The highest BCUT2D eigenvalue weighted by Gasteiger charge is 2.59. The van der Waals surface area contributed by atoms with Crippen LogP contribution in [0.3, 0.4) is 0 Å². The van der Waals surface area contributed by atoms with Crippen LogP contribution >= 0.6 is 0 Å². The Hall–Kier alpha value is -1.90. The van der Waals surface area contributed by atoms with E-state index in [1.54, 1.807) is 0 Å². The van der Waals surface area contributed by atoms with E-state index in [1.165, 1.54) is 4.90 Å². The molecule has 4 atom stereocenters. The molecule has 114 valence electrons. The van der Waals surface area contributed by atoms with Gasteiger partial charge in [-0.15, -0.1) is 0 Å². The zero-order valence-corrected chi connectivity index (χ0v) is 13.1. The SMILES string of the molecule is CCc1cccc(CC)c1N1C(=O)[C@@H]2[C@@H](C1=O)[C@H]1C=C[C@@H]2C1. The molecule has 0 unspecified atom stereocenters. The Labute approximate surface area is 131 Å². The topological polar surface area (TPSA) is 37.4 Å². The Bertz CT molecular complexity index is 638. The third kappa shape index (κ3) is 1.62. The molecule has 1 aliphatic heterocycles. The minimum absolute atomic E-state index is 0.0300. The van der Waals surface area contributed by atoms with Crippen LogP contribution < -0.4 is 4.90 Å². The van der Waals surface area contributed by atoms with Crippen molar-refractivity contribution in [3.63, 3.8) is 0 Å². The van der Waals surface area contributed by atoms with Gasteiger partial charge in [-0.05, 0) is 42.2 Å². The molecule has 0 radical (unpaired) electrons. The van der Waals surface area contributed by atoms with Gasteiger partial charge < -0.3 is 0 Å². The van der Waals surface area contributed by atoms with Gasteiger partial charge in [0.15, 0.2) is 0 Å². The van der Waals surface area contributed by atoms with E-state index in [0.717, 1.165) is 36.1 Å². The number of fused-ring (bicyclic) bond motifs is 5. The number of aryl methyl sites for hydroxylation is 2. The molecule has 2 fully saturated rings. The first kappa shape index (κ1) is 13.7. The number of carbonyl (C=O) groups excluding carboxylic acids is 2. The summed E-state index contributed by atoms with van der Waals surface area (Å²) in [4.78, 5) is 27.5. The van der Waals surface area contributed by atoms with Crippen LogP contribution in [0, 0.1) is 23.7 Å². The summed E-state index contributed by atoms with van der Waals surface area (Å²) < 4.78 is 0. The number of hydrogen-bond acceptors (Lipinski definition) is 2. The summed E-state index contributed by atoms with van der Waals surface area (Å²) in [5.74, 6) is 0.379. The number of carbonyl (C=O) groups is 2. The fraction of sp³-hybridized carbons (Fsp3) is 0.474. The summed E-state index contributed by atoms with van der Waals surface area (Å²) in [5, 5.41) is 0. The van der Waals surface area contributed by atoms with Crippen molar-refractivity contribution in [2.75, 3.05) is 4.90 Å². The van der Waals surface area contributed by atoms with Gasteiger partial charge in [0, 0.05) is 0 Å². The lowest BCUT2D eigenvalue weighted by molar-refractivity contribution is -0.123. The van der Waals surface area contributed by atoms with E-state index in [2.05, 4.69) is 26.0 Å². The monoisotopic (exact) mass is 295 g/mol. The molecule has 2 bridgehead atoms. The van der Waals surface area contributed by atoms with Gasteiger partial charge in [-0.3, -0.25) is 9.59 Å². The highest BCUT2D eigenvalue weighted by atomic mass is 16.2. The number of allylic oxidation sites excluding steroid dienone is 2. The minimum atomic E-state index is -0.114. The molecule has 0 N–H and O–H groups in total. The molecule has 1 saturated carbocycles. The molecule has 3 heteroatoms. The molecule has 2 amide bonds. The molecule has 3 nitrogen and oxygen atoms in total. The molecule has 1 aromatic carbocycles. The highest BCUT2D eigenvalue weighted by molar-refractivity contribution is 6.23. The van der Waals surface area contributed by atoms with Gasteiger partial charge in [0.05, 0.1) is 17.5 Å². The zero-order valence-electron chi connectivity index (χ0n) is 13.1. The number of nitrogens with zero attached hydrogens (tertiary/aromatic N) is 1. The summed E-state index contributed by atoms with van der Waals surface area (Å²) in [7, 11) is 0. The molecule has 0 spiro atoms. The van der Waals surface area contributed by atoms with Crippen LogP contribution in [0.2, 0.25) is 0 Å². The molecule has 22 heavy (non-hydrogen) atoms. The second kappa shape index (κ2) is 4.80. The fourth-order valence-electron chi connectivity index (χ4n) is 4.63. The number of benzene rings is 1. The van der Waals surface area contributed by atoms with E-state index >= 15 is 0 Å². The Morgan fingerprint density at radius 2 is 1.45 bits per heavy atom. The van der Waals surface area contributed by atoms with E-state index in [1.807, 2.05) is 18.2 Å². The summed E-state index contributed by atoms with van der Waals surface area (Å²) in [6, 6.07) is 6.10. The Morgan fingerprint density at radius 1 is 0.955 bits per heavy atom. The fourth-order valence-corrected chi connectivity index (χ4v) is 4.63. The second-order valence-corrected chi connectivity index (χ2v) is 6.64. The molecule has 1 heterocycles. The van der Waals surface area contributed by atoms with Crippen LogP contribution in [0.1, 0.15) is 31.4 Å². The normalized spacial score (nSPS) is 32.2. The quantitative estimate of drug-likeness (QED) is 0.634. The van der Waals surface area contributed by atoms with Crippen molar-refractivity contribution in [2.24, 2.45) is 23.7 Å². The number of amides is 2. The molecule has 0 aromatic heterocycles. The lowest BCUT2D eigenvalue weighted by Crippen LogP contribution is -2.34. The van der Waals surface area contributed by atoms with Crippen molar-refractivity contribution in [1.29, 1.82) is 0 Å². The maximum Gasteiger partial charge on any atom is 0.238 e. The van der Waals surface area contributed by atoms with Crippen molar-refractivity contribution in [1.82, 2.24) is 0 Å². The molecule has 2 aliphatic carbocycles. The molecule has 1 aromatic rings. The second-order valence-electron chi connectivity index (χ2n) is 6.64. The smallest absolute Gasteiger partial charge is 0.238 e. The van der Waals surface area contributed by atoms with Gasteiger partial charge in [-0.1, -0.05) is 44.2 Å². The number of para-hydroxylation sites is 1. The largest absolute Gasteiger partial charge is 0.274 e. The first-order valence-electron chi connectivity index (χ1n) is 8.34. The molecule has 4 rings (SSSR count). The van der Waals surface area contributed by atoms with Gasteiger partial charge >= 0.3 is 0 Å². The van der Waals surface area contributed by atoms with E-state index in [0.29, 0.717) is 0 Å². The van der Waals surface area contributed by atoms with Crippen molar-refractivity contribution in [2.45, 2.75) is 33.1 Å². The number of rotatable bonds is 3. The highest BCUT2D eigenvalue weighted by Crippen LogP contribution is 2.53. The van der Waals surface area contributed by atoms with Crippen molar-refractivity contribution in [3.05, 3.63) is 41.5 Å². The summed E-state index contributed by atoms with van der Waals surface area (Å²) in [6.07, 6.45) is 6.94. The van der Waals surface area contributed by atoms with E-state index in [9.17, 15) is 9.59 Å². The van der Waals surface area contributed by atoms with Crippen LogP contribution in [0.15, 0.2) is 30.4 Å². The standard InChI is InChI=1S/C19H21NO2/c1-3-11-6-5-7-12(4-2)17(11)20-18(21)15-13-8-9-14(10-13)16(15)19(20)22/h5-9,13-16H,3-4,10H2,1-2H3/t13-,14+,15-,16-/m0/s1. The van der Waals surface area contributed by atoms with Crippen molar-refractivity contribution >= 4 is 17.5 Å². The number of hydrogen-bond donors (Lipinski definition) is 0. The third-order valence-corrected chi connectivity index (χ3v) is 5.66. The van der Waals surface area contributed by atoms with Crippen LogP contribution in [-0.2, 0) is 22.4 Å². The third-order valence-electron chi connectivity index (χ3n) is 5.66.